The second kappa shape index (κ2) is 6.45. The summed E-state index contributed by atoms with van der Waals surface area (Å²) in [6, 6.07) is 14.7. The average molecular weight is 341 g/mol. The molecule has 0 aliphatic carbocycles. The van der Waals surface area contributed by atoms with E-state index in [-0.39, 0.29) is 11.7 Å². The summed E-state index contributed by atoms with van der Waals surface area (Å²) in [6.07, 6.45) is 1.50. The Kier molecular flexibility index (Phi) is 4.36. The number of amidine groups is 1. The number of hydrogen-bond acceptors (Lipinski definition) is 3. The first-order valence-corrected chi connectivity index (χ1v) is 7.85. The number of nitrogens with zero attached hydrogens (tertiary/aromatic N) is 3. The first-order valence-electron chi connectivity index (χ1n) is 7.47. The summed E-state index contributed by atoms with van der Waals surface area (Å²) in [4.78, 5) is 20.5. The standard InChI is InChI=1S/C18H17ClN4O/c1-21-11-14-17(20)22(2)15-9-8-12(19)10-16(15)23(18(14)24)13-6-4-3-5-7-13/h3-11,14,20H,1-2H3. The van der Waals surface area contributed by atoms with E-state index in [1.54, 1.807) is 36.0 Å². The minimum atomic E-state index is -0.758. The van der Waals surface area contributed by atoms with Crippen LogP contribution in [0, 0.1) is 11.3 Å². The number of hydrogen-bond donors (Lipinski definition) is 1. The summed E-state index contributed by atoms with van der Waals surface area (Å²) in [6.45, 7) is 0. The minimum Gasteiger partial charge on any atom is -0.331 e. The lowest BCUT2D eigenvalue weighted by Crippen LogP contribution is -2.39. The Morgan fingerprint density at radius 1 is 1.17 bits per heavy atom. The predicted molar refractivity (Wildman–Crippen MR) is 99.1 cm³/mol. The van der Waals surface area contributed by atoms with Gasteiger partial charge in [-0.2, -0.15) is 0 Å². The maximum atomic E-state index is 13.2. The van der Waals surface area contributed by atoms with Crippen LogP contribution in [0.1, 0.15) is 0 Å². The van der Waals surface area contributed by atoms with Crippen LogP contribution in [0.5, 0.6) is 0 Å². The van der Waals surface area contributed by atoms with Crippen molar-refractivity contribution in [3.05, 3.63) is 53.6 Å². The van der Waals surface area contributed by atoms with E-state index < -0.39 is 5.92 Å². The predicted octanol–water partition coefficient (Wildman–Crippen LogP) is 3.75. The van der Waals surface area contributed by atoms with E-state index in [0.717, 1.165) is 11.4 Å². The smallest absolute Gasteiger partial charge is 0.247 e. The highest BCUT2D eigenvalue weighted by Crippen LogP contribution is 2.39. The van der Waals surface area contributed by atoms with Crippen molar-refractivity contribution in [3.8, 4) is 0 Å². The van der Waals surface area contributed by atoms with Gasteiger partial charge in [-0.05, 0) is 30.3 Å². The third-order valence-electron chi connectivity index (χ3n) is 3.99. The number of benzene rings is 2. The molecular formula is C18H17ClN4O. The number of aliphatic imine (C=N–C) groups is 1. The second-order valence-electron chi connectivity index (χ2n) is 5.47. The number of fused-ring (bicyclic) bond motifs is 1. The van der Waals surface area contributed by atoms with E-state index >= 15 is 0 Å². The summed E-state index contributed by atoms with van der Waals surface area (Å²) in [5, 5.41) is 8.95. The fourth-order valence-electron chi connectivity index (χ4n) is 2.80. The van der Waals surface area contributed by atoms with Gasteiger partial charge >= 0.3 is 0 Å². The second-order valence-corrected chi connectivity index (χ2v) is 5.91. The van der Waals surface area contributed by atoms with Crippen LogP contribution >= 0.6 is 11.6 Å². The zero-order chi connectivity index (χ0) is 17.3. The first kappa shape index (κ1) is 16.2. The summed E-state index contributed by atoms with van der Waals surface area (Å²) < 4.78 is 0. The van der Waals surface area contributed by atoms with Crippen molar-refractivity contribution in [1.29, 1.82) is 5.41 Å². The van der Waals surface area contributed by atoms with Gasteiger partial charge in [-0.3, -0.25) is 20.1 Å². The fourth-order valence-corrected chi connectivity index (χ4v) is 2.97. The molecular weight excluding hydrogens is 324 g/mol. The van der Waals surface area contributed by atoms with Crippen LogP contribution in [0.4, 0.5) is 17.1 Å². The number of anilines is 3. The summed E-state index contributed by atoms with van der Waals surface area (Å²) in [5.74, 6) is -0.816. The number of carbonyl (C=O) groups excluding carboxylic acids is 1. The van der Waals surface area contributed by atoms with Crippen LogP contribution in [0.25, 0.3) is 0 Å². The van der Waals surface area contributed by atoms with E-state index in [1.807, 2.05) is 36.4 Å². The molecule has 1 aliphatic rings. The molecule has 1 heterocycles. The number of halogens is 1. The zero-order valence-electron chi connectivity index (χ0n) is 13.4. The number of rotatable bonds is 2. The molecule has 0 radical (unpaired) electrons. The molecule has 0 aromatic heterocycles. The van der Waals surface area contributed by atoms with Gasteiger partial charge in [-0.15, -0.1) is 0 Å². The molecule has 1 amide bonds. The molecule has 0 saturated carbocycles. The van der Waals surface area contributed by atoms with Crippen molar-refractivity contribution in [2.24, 2.45) is 10.9 Å². The van der Waals surface area contributed by atoms with Crippen LogP contribution in [0.15, 0.2) is 53.5 Å². The van der Waals surface area contributed by atoms with E-state index in [0.29, 0.717) is 10.7 Å². The van der Waals surface area contributed by atoms with Crippen molar-refractivity contribution in [3.63, 3.8) is 0 Å². The number of para-hydroxylation sites is 1. The Labute approximate surface area is 145 Å². The van der Waals surface area contributed by atoms with Gasteiger partial charge in [0.2, 0.25) is 5.91 Å². The average Bonchev–Trinajstić information content (AvgIpc) is 2.66. The lowest BCUT2D eigenvalue weighted by molar-refractivity contribution is -0.118. The monoisotopic (exact) mass is 340 g/mol. The molecule has 6 heteroatoms. The zero-order valence-corrected chi connectivity index (χ0v) is 14.2. The topological polar surface area (TPSA) is 59.8 Å². The minimum absolute atomic E-state index is 0.174. The molecule has 0 bridgehead atoms. The maximum absolute atomic E-state index is 13.2. The van der Waals surface area contributed by atoms with Crippen molar-refractivity contribution in [1.82, 2.24) is 0 Å². The Morgan fingerprint density at radius 2 is 1.88 bits per heavy atom. The van der Waals surface area contributed by atoms with Crippen molar-refractivity contribution < 1.29 is 4.79 Å². The summed E-state index contributed by atoms with van der Waals surface area (Å²) >= 11 is 6.18. The molecule has 1 unspecified atom stereocenters. The van der Waals surface area contributed by atoms with Gasteiger partial charge in [-0.1, -0.05) is 29.8 Å². The normalized spacial score (nSPS) is 18.0. The summed E-state index contributed by atoms with van der Waals surface area (Å²) in [7, 11) is 3.37. The van der Waals surface area contributed by atoms with Gasteiger partial charge < -0.3 is 4.90 Å². The lowest BCUT2D eigenvalue weighted by Gasteiger charge is -2.24. The molecule has 122 valence electrons. The van der Waals surface area contributed by atoms with E-state index in [1.165, 1.54) is 6.21 Å². The van der Waals surface area contributed by atoms with Crippen molar-refractivity contribution >= 4 is 46.6 Å². The Bertz CT molecular complexity index is 819. The Hall–Kier alpha value is -2.66. The maximum Gasteiger partial charge on any atom is 0.247 e. The largest absolute Gasteiger partial charge is 0.331 e. The first-order chi connectivity index (χ1) is 11.5. The van der Waals surface area contributed by atoms with E-state index in [4.69, 9.17) is 17.0 Å². The number of carbonyl (C=O) groups is 1. The quantitative estimate of drug-likeness (QED) is 0.846. The molecule has 24 heavy (non-hydrogen) atoms. The van der Waals surface area contributed by atoms with Crippen LogP contribution < -0.4 is 9.80 Å². The number of nitrogens with one attached hydrogen (secondary N) is 1. The molecule has 1 atom stereocenters. The fraction of sp³-hybridized carbons (Fsp3) is 0.167. The summed E-state index contributed by atoms with van der Waals surface area (Å²) in [5.41, 5.74) is 2.12. The molecule has 3 rings (SSSR count). The Balaban J connectivity index is 2.27. The van der Waals surface area contributed by atoms with Gasteiger partial charge in [0.25, 0.3) is 0 Å². The van der Waals surface area contributed by atoms with Gasteiger partial charge in [0.05, 0.1) is 11.4 Å². The van der Waals surface area contributed by atoms with Crippen LogP contribution in [0.3, 0.4) is 0 Å². The molecule has 1 aliphatic heterocycles. The van der Waals surface area contributed by atoms with Crippen LogP contribution in [-0.4, -0.2) is 32.1 Å². The van der Waals surface area contributed by atoms with Crippen molar-refractivity contribution in [2.45, 2.75) is 0 Å². The third-order valence-corrected chi connectivity index (χ3v) is 4.23. The molecule has 0 fully saturated rings. The Morgan fingerprint density at radius 3 is 2.54 bits per heavy atom. The van der Waals surface area contributed by atoms with Gasteiger partial charge in [0.1, 0.15) is 11.8 Å². The molecule has 0 saturated heterocycles. The van der Waals surface area contributed by atoms with Gasteiger partial charge in [0.15, 0.2) is 0 Å². The molecule has 5 nitrogen and oxygen atoms in total. The third kappa shape index (κ3) is 2.67. The highest BCUT2D eigenvalue weighted by molar-refractivity contribution is 6.32. The molecule has 1 N–H and O–H groups in total. The lowest BCUT2D eigenvalue weighted by atomic mass is 10.1. The molecule has 2 aromatic carbocycles. The van der Waals surface area contributed by atoms with Crippen molar-refractivity contribution in [2.75, 3.05) is 23.9 Å². The van der Waals surface area contributed by atoms with Crippen LogP contribution in [0.2, 0.25) is 5.02 Å². The SMILES string of the molecule is CN=CC1C(=N)N(C)c2ccc(Cl)cc2N(c2ccccc2)C1=O. The van der Waals surface area contributed by atoms with Crippen LogP contribution in [-0.2, 0) is 4.79 Å². The number of amides is 1. The van der Waals surface area contributed by atoms with E-state index in [9.17, 15) is 4.79 Å². The van der Waals surface area contributed by atoms with Gasteiger partial charge in [-0.25, -0.2) is 0 Å². The molecule has 0 spiro atoms. The van der Waals surface area contributed by atoms with E-state index in [2.05, 4.69) is 4.99 Å². The highest BCUT2D eigenvalue weighted by atomic mass is 35.5. The van der Waals surface area contributed by atoms with Gasteiger partial charge in [0, 0.05) is 31.0 Å². The molecule has 2 aromatic rings. The highest BCUT2D eigenvalue weighted by Gasteiger charge is 2.36.